The van der Waals surface area contributed by atoms with Crippen molar-refractivity contribution in [3.05, 3.63) is 79.9 Å². The van der Waals surface area contributed by atoms with E-state index < -0.39 is 94.5 Å². The number of carbonyl (C=O) groups is 2. The van der Waals surface area contributed by atoms with Crippen LogP contribution < -0.4 is 10.6 Å². The summed E-state index contributed by atoms with van der Waals surface area (Å²) in [5.41, 5.74) is -3.94. The lowest BCUT2D eigenvalue weighted by molar-refractivity contribution is -0.385. The highest BCUT2D eigenvalue weighted by atomic mass is 32.2. The van der Waals surface area contributed by atoms with E-state index in [-0.39, 0.29) is 22.5 Å². The van der Waals surface area contributed by atoms with Crippen molar-refractivity contribution in [3.63, 3.8) is 0 Å². The Kier molecular flexibility index (Phi) is 11.0. The van der Waals surface area contributed by atoms with Crippen molar-refractivity contribution in [2.24, 2.45) is 0 Å². The smallest absolute Gasteiger partial charge is 0.270 e. The van der Waals surface area contributed by atoms with E-state index in [2.05, 4.69) is 10.6 Å². The van der Waals surface area contributed by atoms with Gasteiger partial charge in [0.1, 0.15) is 47.5 Å². The molecule has 2 aromatic rings. The lowest BCUT2D eigenvalue weighted by Crippen LogP contribution is -2.66. The summed E-state index contributed by atoms with van der Waals surface area (Å²) in [5.74, 6) is -1.80. The molecule has 2 aliphatic heterocycles. The molecule has 8 N–H and O–H groups in total. The highest BCUT2D eigenvalue weighted by molar-refractivity contribution is 8.00. The molecule has 45 heavy (non-hydrogen) atoms. The van der Waals surface area contributed by atoms with Crippen LogP contribution in [0.25, 0.3) is 0 Å². The number of carbonyl (C=O) groups excluding carboxylic acids is 2. The van der Waals surface area contributed by atoms with Crippen LogP contribution in [-0.4, -0.2) is 125 Å². The number of hydrogen-bond acceptors (Lipinski definition) is 15. The summed E-state index contributed by atoms with van der Waals surface area (Å²) in [6, 6.07) is 6.37. The van der Waals surface area contributed by atoms with Crippen molar-refractivity contribution >= 4 is 35.0 Å². The van der Waals surface area contributed by atoms with Gasteiger partial charge in [-0.2, -0.15) is 0 Å². The highest BCUT2D eigenvalue weighted by Crippen LogP contribution is 2.37. The van der Waals surface area contributed by atoms with Crippen molar-refractivity contribution in [2.75, 3.05) is 13.2 Å². The Morgan fingerprint density at radius 2 is 1.09 bits per heavy atom. The minimum Gasteiger partial charge on any atom is -0.394 e. The molecule has 0 aromatic heterocycles. The summed E-state index contributed by atoms with van der Waals surface area (Å²) in [5, 5.41) is 90.2. The van der Waals surface area contributed by atoms with E-state index in [1.807, 2.05) is 0 Å². The first-order valence-electron chi connectivity index (χ1n) is 13.4. The van der Waals surface area contributed by atoms with Gasteiger partial charge in [0.2, 0.25) is 0 Å². The van der Waals surface area contributed by atoms with Crippen molar-refractivity contribution in [1.29, 1.82) is 0 Å². The molecule has 2 aromatic carbocycles. The number of amides is 2. The number of aliphatic hydroxyl groups is 6. The fraction of sp³-hybridized carbons (Fsp3) is 0.462. The van der Waals surface area contributed by atoms with Gasteiger partial charge in [0, 0.05) is 35.4 Å². The zero-order valence-electron chi connectivity index (χ0n) is 23.1. The average Bonchev–Trinajstić information content (AvgIpc) is 3.03. The minimum absolute atomic E-state index is 0.159. The minimum atomic E-state index is -1.73. The predicted octanol–water partition coefficient (Wildman–Crippen LogP) is -1.99. The van der Waals surface area contributed by atoms with E-state index in [1.54, 1.807) is 0 Å². The molecule has 18 nitrogen and oxygen atoms in total. The van der Waals surface area contributed by atoms with Crippen LogP contribution in [0.4, 0.5) is 11.4 Å². The number of hydrogen-bond donors (Lipinski definition) is 8. The molecule has 244 valence electrons. The lowest BCUT2D eigenvalue weighted by Gasteiger charge is -2.46. The maximum atomic E-state index is 12.9. The molecule has 0 aliphatic carbocycles. The number of benzene rings is 2. The molecule has 4 unspecified atom stereocenters. The van der Waals surface area contributed by atoms with E-state index in [0.29, 0.717) is 11.8 Å². The molecule has 0 bridgehead atoms. The fourth-order valence-electron chi connectivity index (χ4n) is 4.86. The number of nitrogens with one attached hydrogen (secondary N) is 2. The Morgan fingerprint density at radius 3 is 1.42 bits per heavy atom. The Bertz CT molecular complexity index is 1310. The molecular formula is C26H30N4O14S. The average molecular weight is 655 g/mol. The molecule has 10 atom stereocenters. The number of rotatable bonds is 10. The van der Waals surface area contributed by atoms with Gasteiger partial charge in [0.25, 0.3) is 23.2 Å². The van der Waals surface area contributed by atoms with E-state index in [1.165, 1.54) is 24.3 Å². The molecule has 19 heteroatoms. The van der Waals surface area contributed by atoms with Crippen LogP contribution in [0.3, 0.4) is 0 Å². The highest BCUT2D eigenvalue weighted by Gasteiger charge is 2.50. The summed E-state index contributed by atoms with van der Waals surface area (Å²) >= 11 is 0.596. The lowest BCUT2D eigenvalue weighted by atomic mass is 9.96. The maximum Gasteiger partial charge on any atom is 0.270 e. The molecule has 0 saturated carbocycles. The summed E-state index contributed by atoms with van der Waals surface area (Å²) in [6.45, 7) is -1.55. The zero-order chi connectivity index (χ0) is 33.0. The van der Waals surface area contributed by atoms with Crippen LogP contribution in [0.5, 0.6) is 0 Å². The van der Waals surface area contributed by atoms with E-state index in [9.17, 15) is 60.5 Å². The summed E-state index contributed by atoms with van der Waals surface area (Å²) < 4.78 is 11.2. The van der Waals surface area contributed by atoms with Crippen LogP contribution in [0.15, 0.2) is 48.5 Å². The molecule has 0 spiro atoms. The summed E-state index contributed by atoms with van der Waals surface area (Å²) in [4.78, 5) is 46.6. The second-order valence-electron chi connectivity index (χ2n) is 10.2. The molecule has 0 radical (unpaired) electrons. The van der Waals surface area contributed by atoms with Crippen molar-refractivity contribution in [2.45, 2.75) is 59.6 Å². The largest absolute Gasteiger partial charge is 0.394 e. The molecule has 2 fully saturated rings. The summed E-state index contributed by atoms with van der Waals surface area (Å²) in [7, 11) is 0. The monoisotopic (exact) mass is 654 g/mol. The van der Waals surface area contributed by atoms with Gasteiger partial charge in [-0.1, -0.05) is 23.9 Å². The van der Waals surface area contributed by atoms with E-state index in [0.717, 1.165) is 24.3 Å². The Hall–Kier alpha value is -3.79. The number of thioether (sulfide) groups is 1. The van der Waals surface area contributed by atoms with Crippen LogP contribution in [0, 0.1) is 20.2 Å². The molecule has 4 rings (SSSR count). The van der Waals surface area contributed by atoms with E-state index in [4.69, 9.17) is 9.47 Å². The number of nitro benzene ring substituents is 2. The third-order valence-corrected chi connectivity index (χ3v) is 8.59. The first-order chi connectivity index (χ1) is 21.4. The molecular weight excluding hydrogens is 624 g/mol. The molecule has 2 saturated heterocycles. The number of nitrogens with zero attached hydrogens (tertiary/aromatic N) is 2. The summed E-state index contributed by atoms with van der Waals surface area (Å²) in [6.07, 6.45) is -9.52. The van der Waals surface area contributed by atoms with Gasteiger partial charge in [-0.3, -0.25) is 29.8 Å². The zero-order valence-corrected chi connectivity index (χ0v) is 23.9. The fourth-order valence-corrected chi connectivity index (χ4v) is 6.20. The van der Waals surface area contributed by atoms with Gasteiger partial charge in [-0.15, -0.1) is 0 Å². The maximum absolute atomic E-state index is 12.9. The topological polar surface area (TPSA) is 284 Å². The molecule has 2 amide bonds. The van der Waals surface area contributed by atoms with Crippen LogP contribution >= 0.6 is 11.8 Å². The number of non-ortho nitro benzene ring substituents is 2. The van der Waals surface area contributed by atoms with E-state index >= 15 is 0 Å². The standard InChI is InChI=1S/C26H30N4O14S/c31-9-15-19(33)17(27-23(37)11-3-1-5-13(7-11)29(39)40)21(35)25(43-15)45-26-22(36)18(20(34)16(10-32)44-26)28-24(38)12-4-2-6-14(8-12)30(41)42/h1-8,15-22,25-26,31-36H,9-10H2,(H,27,37)(H,28,38)/t15-,16+,17-,18?,19-,20-,21+,22?,25?,26?/m0/s1. The third kappa shape index (κ3) is 7.54. The van der Waals surface area contributed by atoms with Gasteiger partial charge in [0.05, 0.1) is 35.1 Å². The predicted molar refractivity (Wildman–Crippen MR) is 152 cm³/mol. The number of nitro groups is 2. The van der Waals surface area contributed by atoms with Crippen molar-refractivity contribution in [1.82, 2.24) is 10.6 Å². The van der Waals surface area contributed by atoms with Gasteiger partial charge >= 0.3 is 0 Å². The van der Waals surface area contributed by atoms with Gasteiger partial charge in [-0.05, 0) is 12.1 Å². The SMILES string of the molecule is O=C(NC1C(O)C(SC2O[C@@H](CO)[C@H](O)[C@H](NC(=O)c3cccc([N+](=O)[O-])c3)[C@H]2O)O[C@H](CO)[C@@H]1O)c1cccc([N+](=O)[O-])c1. The van der Waals surface area contributed by atoms with Crippen LogP contribution in [0.1, 0.15) is 20.7 Å². The van der Waals surface area contributed by atoms with Gasteiger partial charge in [0.15, 0.2) is 0 Å². The van der Waals surface area contributed by atoms with Gasteiger partial charge in [-0.25, -0.2) is 0 Å². The Balaban J connectivity index is 1.52. The third-order valence-electron chi connectivity index (χ3n) is 7.27. The van der Waals surface area contributed by atoms with Crippen LogP contribution in [0.2, 0.25) is 0 Å². The normalized spacial score (nSPS) is 31.5. The van der Waals surface area contributed by atoms with Crippen molar-refractivity contribution in [3.8, 4) is 0 Å². The number of aliphatic hydroxyl groups excluding tert-OH is 6. The first-order valence-corrected chi connectivity index (χ1v) is 14.3. The first kappa shape index (κ1) is 34.1. The Morgan fingerprint density at radius 1 is 0.711 bits per heavy atom. The quantitative estimate of drug-likeness (QED) is 0.102. The Labute approximate surface area is 257 Å². The van der Waals surface area contributed by atoms with Gasteiger partial charge < -0.3 is 50.7 Å². The van der Waals surface area contributed by atoms with Crippen LogP contribution in [-0.2, 0) is 9.47 Å². The second kappa shape index (κ2) is 14.5. The molecule has 2 heterocycles. The van der Waals surface area contributed by atoms with Crippen molar-refractivity contribution < 1.29 is 59.5 Å². The number of ether oxygens (including phenoxy) is 2. The molecule has 2 aliphatic rings. The second-order valence-corrected chi connectivity index (χ2v) is 11.4.